The molecule has 0 saturated heterocycles. The van der Waals surface area contributed by atoms with E-state index in [0.717, 1.165) is 22.7 Å². The summed E-state index contributed by atoms with van der Waals surface area (Å²) in [5, 5.41) is 7.41. The Labute approximate surface area is 150 Å². The minimum atomic E-state index is -0.995. The van der Waals surface area contributed by atoms with Gasteiger partial charge in [-0.3, -0.25) is 10.7 Å². The van der Waals surface area contributed by atoms with Crippen molar-refractivity contribution in [1.82, 2.24) is 0 Å². The minimum Gasteiger partial charge on any atom is -0.467 e. The molecule has 2 aromatic carbocycles. The first-order valence-electron chi connectivity index (χ1n) is 7.91. The van der Waals surface area contributed by atoms with Gasteiger partial charge < -0.3 is 15.1 Å². The van der Waals surface area contributed by atoms with Gasteiger partial charge in [0.2, 0.25) is 0 Å². The van der Waals surface area contributed by atoms with Crippen LogP contribution in [-0.2, 0) is 12.2 Å². The number of nitrogens with one attached hydrogen (secondary N) is 2. The first-order chi connectivity index (χ1) is 12.1. The number of anilines is 2. The topological polar surface area (TPSA) is 75.6 Å². The van der Waals surface area contributed by atoms with E-state index < -0.39 is 5.66 Å². The monoisotopic (exact) mass is 352 g/mol. The van der Waals surface area contributed by atoms with Gasteiger partial charge in [-0.1, -0.05) is 35.9 Å². The highest BCUT2D eigenvalue weighted by atomic mass is 35.5. The maximum Gasteiger partial charge on any atom is 0.172 e. The molecule has 4 rings (SSSR count). The van der Waals surface area contributed by atoms with Gasteiger partial charge in [-0.2, -0.15) is 0 Å². The van der Waals surface area contributed by atoms with Gasteiger partial charge in [-0.05, 0) is 42.0 Å². The lowest BCUT2D eigenvalue weighted by Crippen LogP contribution is -2.56. The Morgan fingerprint density at radius 1 is 1.00 bits per heavy atom. The second-order valence-corrected chi connectivity index (χ2v) is 6.29. The number of aliphatic imine (C=N–C) groups is 1. The molecule has 6 heteroatoms. The first-order valence-corrected chi connectivity index (χ1v) is 8.29. The molecule has 0 saturated carbocycles. The van der Waals surface area contributed by atoms with Crippen molar-refractivity contribution in [2.45, 2.75) is 12.2 Å². The van der Waals surface area contributed by atoms with Crippen molar-refractivity contribution >= 4 is 28.8 Å². The van der Waals surface area contributed by atoms with Crippen molar-refractivity contribution in [2.24, 2.45) is 10.7 Å². The Hall–Kier alpha value is -2.76. The van der Waals surface area contributed by atoms with Crippen LogP contribution in [0.3, 0.4) is 0 Å². The van der Waals surface area contributed by atoms with E-state index in [-0.39, 0.29) is 0 Å². The molecule has 25 heavy (non-hydrogen) atoms. The van der Waals surface area contributed by atoms with Gasteiger partial charge in [-0.15, -0.1) is 0 Å². The highest BCUT2D eigenvalue weighted by Gasteiger charge is 2.38. The molecular formula is C19H17ClN4O. The largest absolute Gasteiger partial charge is 0.467 e. The summed E-state index contributed by atoms with van der Waals surface area (Å²) in [4.78, 5) is 4.67. The minimum absolute atomic E-state index is 0.395. The van der Waals surface area contributed by atoms with Gasteiger partial charge in [0, 0.05) is 5.02 Å². The van der Waals surface area contributed by atoms with Gasteiger partial charge in [-0.25, -0.2) is 0 Å². The Bertz CT molecular complexity index is 905. The van der Waals surface area contributed by atoms with Gasteiger partial charge in [0.15, 0.2) is 5.66 Å². The van der Waals surface area contributed by atoms with E-state index in [0.29, 0.717) is 17.4 Å². The Kier molecular flexibility index (Phi) is 3.95. The quantitative estimate of drug-likeness (QED) is 0.661. The van der Waals surface area contributed by atoms with Crippen molar-refractivity contribution in [3.63, 3.8) is 0 Å². The van der Waals surface area contributed by atoms with Crippen LogP contribution in [0, 0.1) is 0 Å². The number of rotatable bonds is 3. The molecule has 0 radical (unpaired) electrons. The number of hydrogen-bond donors (Lipinski definition) is 3. The fourth-order valence-electron chi connectivity index (χ4n) is 2.84. The molecule has 3 aromatic rings. The normalized spacial score (nSPS) is 20.6. The van der Waals surface area contributed by atoms with Crippen molar-refractivity contribution in [3.8, 4) is 0 Å². The molecule has 1 aliphatic heterocycles. The van der Waals surface area contributed by atoms with E-state index in [2.05, 4.69) is 15.6 Å². The number of halogens is 1. The van der Waals surface area contributed by atoms with Crippen LogP contribution in [0.1, 0.15) is 11.3 Å². The number of nitrogens with zero attached hydrogens (tertiary/aromatic N) is 1. The number of hydrogen-bond acceptors (Lipinski definition) is 4. The molecule has 0 amide bonds. The predicted octanol–water partition coefficient (Wildman–Crippen LogP) is 4.18. The lowest BCUT2D eigenvalue weighted by molar-refractivity contribution is 0.511. The highest BCUT2D eigenvalue weighted by molar-refractivity contribution is 6.30. The molecule has 126 valence electrons. The second kappa shape index (κ2) is 6.27. The zero-order chi connectivity index (χ0) is 17.3. The smallest absolute Gasteiger partial charge is 0.172 e. The summed E-state index contributed by atoms with van der Waals surface area (Å²) in [6, 6.07) is 19.0. The molecule has 1 aromatic heterocycles. The van der Waals surface area contributed by atoms with E-state index in [1.54, 1.807) is 6.26 Å². The van der Waals surface area contributed by atoms with Crippen LogP contribution in [0.25, 0.3) is 0 Å². The third-order valence-electron chi connectivity index (χ3n) is 4.16. The van der Waals surface area contributed by atoms with Crippen LogP contribution in [0.4, 0.5) is 11.4 Å². The highest BCUT2D eigenvalue weighted by Crippen LogP contribution is 2.34. The third kappa shape index (κ3) is 2.99. The molecule has 1 atom stereocenters. The van der Waals surface area contributed by atoms with Crippen molar-refractivity contribution in [1.29, 1.82) is 0 Å². The lowest BCUT2D eigenvalue weighted by Gasteiger charge is -2.38. The van der Waals surface area contributed by atoms with Crippen LogP contribution < -0.4 is 16.4 Å². The average Bonchev–Trinajstić information content (AvgIpc) is 3.14. The lowest BCUT2D eigenvalue weighted by atomic mass is 9.95. The average molecular weight is 353 g/mol. The van der Waals surface area contributed by atoms with Crippen LogP contribution in [0.2, 0.25) is 5.02 Å². The number of fused-ring (bicyclic) bond motifs is 1. The van der Waals surface area contributed by atoms with E-state index in [9.17, 15) is 0 Å². The summed E-state index contributed by atoms with van der Waals surface area (Å²) in [6.45, 7) is 0.395. The number of furan rings is 1. The summed E-state index contributed by atoms with van der Waals surface area (Å²) in [5.41, 5.74) is 8.46. The molecule has 1 aliphatic rings. The number of nitrogens with two attached hydrogens (primary N) is 1. The first kappa shape index (κ1) is 15.7. The third-order valence-corrected chi connectivity index (χ3v) is 4.41. The summed E-state index contributed by atoms with van der Waals surface area (Å²) in [5.74, 6) is 1.39. The predicted molar refractivity (Wildman–Crippen MR) is 101 cm³/mol. The number of amidine groups is 1. The van der Waals surface area contributed by atoms with Gasteiger partial charge in [0.05, 0.1) is 24.2 Å². The molecule has 0 aliphatic carbocycles. The maximum absolute atomic E-state index is 6.75. The number of para-hydroxylation sites is 2. The second-order valence-electron chi connectivity index (χ2n) is 5.85. The Morgan fingerprint density at radius 3 is 2.48 bits per heavy atom. The van der Waals surface area contributed by atoms with E-state index in [1.807, 2.05) is 60.7 Å². The van der Waals surface area contributed by atoms with Crippen molar-refractivity contribution in [2.75, 3.05) is 10.6 Å². The molecule has 0 fully saturated rings. The summed E-state index contributed by atoms with van der Waals surface area (Å²) in [6.07, 6.45) is 1.63. The summed E-state index contributed by atoms with van der Waals surface area (Å²) < 4.78 is 5.37. The summed E-state index contributed by atoms with van der Waals surface area (Å²) in [7, 11) is 0. The SMILES string of the molecule is NC1(c2ccc(Cl)cc2)Nc2ccccc2NC1=NCc1ccco1. The van der Waals surface area contributed by atoms with Crippen LogP contribution in [-0.4, -0.2) is 5.84 Å². The summed E-state index contributed by atoms with van der Waals surface area (Å²) >= 11 is 6.02. The Morgan fingerprint density at radius 2 is 1.76 bits per heavy atom. The molecule has 0 bridgehead atoms. The van der Waals surface area contributed by atoms with E-state index in [1.165, 1.54) is 0 Å². The van der Waals surface area contributed by atoms with Crippen molar-refractivity contribution < 1.29 is 4.42 Å². The van der Waals surface area contributed by atoms with Crippen LogP contribution in [0.15, 0.2) is 76.3 Å². The standard InChI is InChI=1S/C19H17ClN4O/c20-14-9-7-13(8-10-14)19(21)18(22-12-15-4-3-11-25-15)23-16-5-1-2-6-17(16)24-19/h1-11,24H,12,21H2,(H,22,23). The van der Waals surface area contributed by atoms with Crippen molar-refractivity contribution in [3.05, 3.63) is 83.3 Å². The molecule has 1 unspecified atom stereocenters. The molecule has 5 nitrogen and oxygen atoms in total. The fraction of sp³-hybridized carbons (Fsp3) is 0.105. The van der Waals surface area contributed by atoms with Gasteiger partial charge in [0.1, 0.15) is 11.6 Å². The van der Waals surface area contributed by atoms with Gasteiger partial charge >= 0.3 is 0 Å². The molecule has 4 N–H and O–H groups in total. The fourth-order valence-corrected chi connectivity index (χ4v) is 2.97. The van der Waals surface area contributed by atoms with Gasteiger partial charge in [0.25, 0.3) is 0 Å². The molecular weight excluding hydrogens is 336 g/mol. The maximum atomic E-state index is 6.75. The van der Waals surface area contributed by atoms with E-state index in [4.69, 9.17) is 21.8 Å². The molecule has 0 spiro atoms. The van der Waals surface area contributed by atoms with E-state index >= 15 is 0 Å². The zero-order valence-corrected chi connectivity index (χ0v) is 14.1. The molecule has 2 heterocycles. The zero-order valence-electron chi connectivity index (χ0n) is 13.4. The number of benzene rings is 2. The van der Waals surface area contributed by atoms with Crippen LogP contribution >= 0.6 is 11.6 Å². The Balaban J connectivity index is 1.77. The van der Waals surface area contributed by atoms with Crippen LogP contribution in [0.5, 0.6) is 0 Å².